The zero-order valence-corrected chi connectivity index (χ0v) is 11.4. The molecule has 0 aliphatic rings. The van der Waals surface area contributed by atoms with Crippen molar-refractivity contribution in [2.75, 3.05) is 11.1 Å². The Morgan fingerprint density at radius 3 is 2.57 bits per heavy atom. The zero-order chi connectivity index (χ0) is 15.8. The number of nitrogens with two attached hydrogens (primary N) is 1. The van der Waals surface area contributed by atoms with Gasteiger partial charge in [0.05, 0.1) is 27.7 Å². The van der Waals surface area contributed by atoms with Gasteiger partial charge in [-0.2, -0.15) is 18.3 Å². The Balaban J connectivity index is 2.24. The van der Waals surface area contributed by atoms with Crippen LogP contribution in [0.5, 0.6) is 0 Å². The Hall–Kier alpha value is -2.22. The summed E-state index contributed by atoms with van der Waals surface area (Å²) in [7, 11) is 0. The molecule has 0 saturated heterocycles. The molecule has 0 aliphatic carbocycles. The predicted molar refractivity (Wildman–Crippen MR) is 72.1 cm³/mol. The lowest BCUT2D eigenvalue weighted by Gasteiger charge is -2.10. The van der Waals surface area contributed by atoms with E-state index in [-0.39, 0.29) is 22.1 Å². The van der Waals surface area contributed by atoms with Crippen LogP contribution in [-0.2, 0) is 6.18 Å². The maximum atomic E-state index is 12.5. The van der Waals surface area contributed by atoms with Gasteiger partial charge in [-0.3, -0.25) is 9.89 Å². The number of rotatable bonds is 2. The van der Waals surface area contributed by atoms with E-state index in [9.17, 15) is 18.0 Å². The van der Waals surface area contributed by atoms with Crippen LogP contribution >= 0.6 is 11.6 Å². The largest absolute Gasteiger partial charge is 0.416 e. The fourth-order valence-corrected chi connectivity index (χ4v) is 1.81. The second-order valence-electron chi connectivity index (χ2n) is 4.26. The van der Waals surface area contributed by atoms with Crippen LogP contribution in [0, 0.1) is 6.92 Å². The standard InChI is InChI=1S/C12H10ClF3N4O/c1-5-9(17)10(20-19-5)11(21)18-8-3-2-6(4-7(8)13)12(14,15)16/h2-4H,17H2,1H3,(H,18,21)(H,19,20). The molecule has 5 nitrogen and oxygen atoms in total. The van der Waals surface area contributed by atoms with Gasteiger partial charge in [0.25, 0.3) is 5.91 Å². The van der Waals surface area contributed by atoms with E-state index in [1.165, 1.54) is 0 Å². The first-order chi connectivity index (χ1) is 9.70. The van der Waals surface area contributed by atoms with E-state index >= 15 is 0 Å². The summed E-state index contributed by atoms with van der Waals surface area (Å²) < 4.78 is 37.5. The number of nitrogens with one attached hydrogen (secondary N) is 2. The van der Waals surface area contributed by atoms with E-state index in [1.807, 2.05) is 0 Å². The van der Waals surface area contributed by atoms with E-state index in [2.05, 4.69) is 15.5 Å². The fraction of sp³-hybridized carbons (Fsp3) is 0.167. The normalized spacial score (nSPS) is 11.5. The molecule has 1 amide bonds. The third-order valence-corrected chi connectivity index (χ3v) is 3.07. The average molecular weight is 319 g/mol. The summed E-state index contributed by atoms with van der Waals surface area (Å²) in [5.41, 5.74) is 5.40. The lowest BCUT2D eigenvalue weighted by atomic mass is 10.2. The Kier molecular flexibility index (Phi) is 3.82. The van der Waals surface area contributed by atoms with E-state index in [4.69, 9.17) is 17.3 Å². The third-order valence-electron chi connectivity index (χ3n) is 2.75. The molecular weight excluding hydrogens is 309 g/mol. The minimum absolute atomic E-state index is 0.0368. The van der Waals surface area contributed by atoms with Crippen molar-refractivity contribution in [1.29, 1.82) is 0 Å². The molecule has 4 N–H and O–H groups in total. The lowest BCUT2D eigenvalue weighted by molar-refractivity contribution is -0.137. The number of hydrogen-bond acceptors (Lipinski definition) is 3. The quantitative estimate of drug-likeness (QED) is 0.795. The highest BCUT2D eigenvalue weighted by Crippen LogP contribution is 2.33. The summed E-state index contributed by atoms with van der Waals surface area (Å²) in [4.78, 5) is 11.9. The SMILES string of the molecule is Cc1[nH]nc(C(=O)Nc2ccc(C(F)(F)F)cc2Cl)c1N. The van der Waals surface area contributed by atoms with Crippen molar-refractivity contribution >= 4 is 28.9 Å². The van der Waals surface area contributed by atoms with Crippen LogP contribution in [0.4, 0.5) is 24.5 Å². The molecule has 0 bridgehead atoms. The topological polar surface area (TPSA) is 83.8 Å². The monoisotopic (exact) mass is 318 g/mol. The maximum Gasteiger partial charge on any atom is 0.416 e. The Morgan fingerprint density at radius 2 is 2.10 bits per heavy atom. The smallest absolute Gasteiger partial charge is 0.395 e. The summed E-state index contributed by atoms with van der Waals surface area (Å²) in [6.45, 7) is 1.63. The highest BCUT2D eigenvalue weighted by molar-refractivity contribution is 6.34. The molecule has 0 saturated carbocycles. The number of amides is 1. The first-order valence-corrected chi connectivity index (χ1v) is 6.06. The van der Waals surface area contributed by atoms with Crippen molar-refractivity contribution in [1.82, 2.24) is 10.2 Å². The third kappa shape index (κ3) is 3.10. The second-order valence-corrected chi connectivity index (χ2v) is 4.66. The average Bonchev–Trinajstić information content (AvgIpc) is 2.71. The van der Waals surface area contributed by atoms with Crippen molar-refractivity contribution < 1.29 is 18.0 Å². The molecule has 9 heteroatoms. The van der Waals surface area contributed by atoms with E-state index in [0.29, 0.717) is 5.69 Å². The van der Waals surface area contributed by atoms with Crippen molar-refractivity contribution in [3.8, 4) is 0 Å². The van der Waals surface area contributed by atoms with E-state index < -0.39 is 17.6 Å². The summed E-state index contributed by atoms with van der Waals surface area (Å²) in [6, 6.07) is 2.62. The number of hydrogen-bond donors (Lipinski definition) is 3. The molecule has 0 radical (unpaired) electrons. The van der Waals surface area contributed by atoms with Crippen LogP contribution in [0.2, 0.25) is 5.02 Å². The lowest BCUT2D eigenvalue weighted by Crippen LogP contribution is -2.15. The van der Waals surface area contributed by atoms with Gasteiger partial charge in [-0.25, -0.2) is 0 Å². The Bertz CT molecular complexity index is 696. The number of aromatic amines is 1. The first-order valence-electron chi connectivity index (χ1n) is 5.68. The molecular formula is C12H10ClF3N4O. The molecule has 0 atom stereocenters. The molecule has 1 heterocycles. The van der Waals surface area contributed by atoms with Crippen molar-refractivity contribution in [2.24, 2.45) is 0 Å². The number of nitrogen functional groups attached to an aromatic ring is 1. The fourth-order valence-electron chi connectivity index (χ4n) is 1.59. The van der Waals surface area contributed by atoms with Crippen LogP contribution in [0.1, 0.15) is 21.7 Å². The molecule has 112 valence electrons. The Morgan fingerprint density at radius 1 is 1.43 bits per heavy atom. The molecule has 0 aliphatic heterocycles. The van der Waals surface area contributed by atoms with E-state index in [1.54, 1.807) is 6.92 Å². The summed E-state index contributed by atoms with van der Waals surface area (Å²) in [6.07, 6.45) is -4.50. The molecule has 2 aromatic rings. The number of carbonyl (C=O) groups excluding carboxylic acids is 1. The zero-order valence-electron chi connectivity index (χ0n) is 10.7. The number of H-pyrrole nitrogens is 1. The van der Waals surface area contributed by atoms with Gasteiger partial charge >= 0.3 is 6.18 Å². The highest BCUT2D eigenvalue weighted by atomic mass is 35.5. The number of aryl methyl sites for hydroxylation is 1. The van der Waals surface area contributed by atoms with Crippen LogP contribution in [0.25, 0.3) is 0 Å². The maximum absolute atomic E-state index is 12.5. The molecule has 2 rings (SSSR count). The summed E-state index contributed by atoms with van der Waals surface area (Å²) >= 11 is 5.74. The van der Waals surface area contributed by atoms with Crippen LogP contribution in [-0.4, -0.2) is 16.1 Å². The van der Waals surface area contributed by atoms with Crippen LogP contribution in [0.3, 0.4) is 0 Å². The van der Waals surface area contributed by atoms with Gasteiger partial charge in [0.2, 0.25) is 0 Å². The van der Waals surface area contributed by atoms with Crippen molar-refractivity contribution in [2.45, 2.75) is 13.1 Å². The van der Waals surface area contributed by atoms with Gasteiger partial charge in [-0.1, -0.05) is 11.6 Å². The molecule has 21 heavy (non-hydrogen) atoms. The van der Waals surface area contributed by atoms with Gasteiger partial charge in [0.15, 0.2) is 5.69 Å². The minimum atomic E-state index is -4.50. The van der Waals surface area contributed by atoms with Crippen LogP contribution in [0.15, 0.2) is 18.2 Å². The van der Waals surface area contributed by atoms with Crippen LogP contribution < -0.4 is 11.1 Å². The molecule has 0 unspecified atom stereocenters. The minimum Gasteiger partial charge on any atom is -0.395 e. The predicted octanol–water partition coefficient (Wildman–Crippen LogP) is 3.22. The second kappa shape index (κ2) is 5.28. The highest BCUT2D eigenvalue weighted by Gasteiger charge is 2.31. The molecule has 0 fully saturated rings. The van der Waals surface area contributed by atoms with Gasteiger partial charge in [0.1, 0.15) is 0 Å². The molecule has 0 spiro atoms. The number of anilines is 2. The Labute approximate surface area is 122 Å². The molecule has 1 aromatic carbocycles. The molecule has 1 aromatic heterocycles. The van der Waals surface area contributed by atoms with Crippen molar-refractivity contribution in [3.05, 3.63) is 40.2 Å². The summed E-state index contributed by atoms with van der Waals surface area (Å²) in [5, 5.41) is 8.37. The number of carbonyl (C=O) groups is 1. The van der Waals surface area contributed by atoms with E-state index in [0.717, 1.165) is 18.2 Å². The number of benzene rings is 1. The first kappa shape index (κ1) is 15.2. The van der Waals surface area contributed by atoms with Gasteiger partial charge in [-0.15, -0.1) is 0 Å². The summed E-state index contributed by atoms with van der Waals surface area (Å²) in [5.74, 6) is -0.668. The number of alkyl halides is 3. The van der Waals surface area contributed by atoms with Gasteiger partial charge in [0, 0.05) is 0 Å². The van der Waals surface area contributed by atoms with Gasteiger partial charge in [-0.05, 0) is 25.1 Å². The van der Waals surface area contributed by atoms with Gasteiger partial charge < -0.3 is 11.1 Å². The number of aromatic nitrogens is 2. The van der Waals surface area contributed by atoms with Crippen molar-refractivity contribution in [3.63, 3.8) is 0 Å². The number of halogens is 4. The number of nitrogens with zero attached hydrogens (tertiary/aromatic N) is 1.